The largest absolute Gasteiger partial charge is 0.484 e. The van der Waals surface area contributed by atoms with Crippen LogP contribution in [0.2, 0.25) is 0 Å². The highest BCUT2D eigenvalue weighted by atomic mass is 16.5. The summed E-state index contributed by atoms with van der Waals surface area (Å²) in [6, 6.07) is 17.5. The molecule has 4 heteroatoms. The fraction of sp³-hybridized carbons (Fsp3) is 0.118. The Morgan fingerprint density at radius 2 is 1.95 bits per heavy atom. The predicted octanol–water partition coefficient (Wildman–Crippen LogP) is 2.86. The molecule has 0 aliphatic heterocycles. The van der Waals surface area contributed by atoms with Crippen molar-refractivity contribution in [2.24, 2.45) is 0 Å². The number of aromatic amines is 1. The van der Waals surface area contributed by atoms with Gasteiger partial charge in [0, 0.05) is 23.6 Å². The lowest BCUT2D eigenvalue weighted by Crippen LogP contribution is -2.28. The van der Waals surface area contributed by atoms with E-state index in [-0.39, 0.29) is 12.5 Å². The Morgan fingerprint density at radius 1 is 1.10 bits per heavy atom. The van der Waals surface area contributed by atoms with E-state index in [0.717, 1.165) is 16.5 Å². The van der Waals surface area contributed by atoms with Crippen LogP contribution in [0.4, 0.5) is 0 Å². The van der Waals surface area contributed by atoms with Gasteiger partial charge >= 0.3 is 0 Å². The number of fused-ring (bicyclic) bond motifs is 1. The molecule has 0 unspecified atom stereocenters. The van der Waals surface area contributed by atoms with Gasteiger partial charge in [0.25, 0.3) is 5.91 Å². The van der Waals surface area contributed by atoms with Crippen LogP contribution in [-0.2, 0) is 11.3 Å². The third kappa shape index (κ3) is 3.42. The molecule has 106 valence electrons. The first kappa shape index (κ1) is 13.2. The Bertz CT molecular complexity index is 735. The first-order valence-electron chi connectivity index (χ1n) is 6.82. The second-order valence-corrected chi connectivity index (χ2v) is 4.78. The smallest absolute Gasteiger partial charge is 0.258 e. The number of benzene rings is 2. The summed E-state index contributed by atoms with van der Waals surface area (Å²) in [5.41, 5.74) is 2.12. The first-order chi connectivity index (χ1) is 10.3. The summed E-state index contributed by atoms with van der Waals surface area (Å²) >= 11 is 0. The topological polar surface area (TPSA) is 54.1 Å². The van der Waals surface area contributed by atoms with Crippen LogP contribution in [0.15, 0.2) is 60.8 Å². The summed E-state index contributed by atoms with van der Waals surface area (Å²) in [6.07, 6.45) is 1.88. The van der Waals surface area contributed by atoms with Gasteiger partial charge in [0.05, 0.1) is 0 Å². The number of ether oxygens (including phenoxy) is 1. The summed E-state index contributed by atoms with van der Waals surface area (Å²) in [4.78, 5) is 14.9. The van der Waals surface area contributed by atoms with Crippen molar-refractivity contribution in [1.82, 2.24) is 10.3 Å². The van der Waals surface area contributed by atoms with Crippen LogP contribution in [0.1, 0.15) is 5.56 Å². The van der Waals surface area contributed by atoms with Crippen LogP contribution in [0.3, 0.4) is 0 Å². The molecule has 1 aromatic heterocycles. The zero-order chi connectivity index (χ0) is 14.5. The number of amides is 1. The van der Waals surface area contributed by atoms with Crippen LogP contribution in [0, 0.1) is 0 Å². The number of rotatable bonds is 5. The number of carbonyl (C=O) groups excluding carboxylic acids is 1. The maximum absolute atomic E-state index is 11.8. The zero-order valence-corrected chi connectivity index (χ0v) is 11.5. The molecule has 3 aromatic rings. The van der Waals surface area contributed by atoms with Crippen molar-refractivity contribution in [3.63, 3.8) is 0 Å². The van der Waals surface area contributed by atoms with E-state index in [2.05, 4.69) is 10.3 Å². The number of carbonyl (C=O) groups is 1. The van der Waals surface area contributed by atoms with Gasteiger partial charge in [0.1, 0.15) is 5.75 Å². The first-order valence-corrected chi connectivity index (χ1v) is 6.82. The number of aromatic nitrogens is 1. The second-order valence-electron chi connectivity index (χ2n) is 4.78. The molecule has 2 N–H and O–H groups in total. The lowest BCUT2D eigenvalue weighted by Gasteiger charge is -2.07. The van der Waals surface area contributed by atoms with Crippen molar-refractivity contribution in [1.29, 1.82) is 0 Å². The van der Waals surface area contributed by atoms with Gasteiger partial charge in [-0.05, 0) is 29.8 Å². The predicted molar refractivity (Wildman–Crippen MR) is 82.1 cm³/mol. The Labute approximate surface area is 122 Å². The molecule has 0 spiro atoms. The van der Waals surface area contributed by atoms with Crippen LogP contribution in [0.5, 0.6) is 5.75 Å². The molecule has 4 nitrogen and oxygen atoms in total. The second kappa shape index (κ2) is 6.13. The quantitative estimate of drug-likeness (QED) is 0.755. The van der Waals surface area contributed by atoms with Gasteiger partial charge in [-0.1, -0.05) is 30.3 Å². The number of H-pyrrole nitrogens is 1. The number of hydrogen-bond donors (Lipinski definition) is 2. The summed E-state index contributed by atoms with van der Waals surface area (Å²) in [7, 11) is 0. The van der Waals surface area contributed by atoms with Crippen molar-refractivity contribution < 1.29 is 9.53 Å². The van der Waals surface area contributed by atoms with Crippen LogP contribution in [-0.4, -0.2) is 17.5 Å². The third-order valence-corrected chi connectivity index (χ3v) is 3.23. The lowest BCUT2D eigenvalue weighted by molar-refractivity contribution is -0.123. The number of nitrogens with one attached hydrogen (secondary N) is 2. The van der Waals surface area contributed by atoms with E-state index in [1.165, 1.54) is 0 Å². The zero-order valence-electron chi connectivity index (χ0n) is 11.5. The standard InChI is InChI=1S/C17H16N2O2/c20-17(19-11-13-4-2-1-3-5-13)12-21-15-6-7-16-14(10-15)8-9-18-16/h1-10,18H,11-12H2,(H,19,20). The van der Waals surface area contributed by atoms with Crippen LogP contribution >= 0.6 is 0 Å². The molecule has 0 saturated heterocycles. The molecule has 0 fully saturated rings. The molecular weight excluding hydrogens is 264 g/mol. The molecule has 2 aromatic carbocycles. The highest BCUT2D eigenvalue weighted by molar-refractivity contribution is 5.81. The minimum absolute atomic E-state index is 0.0166. The number of hydrogen-bond acceptors (Lipinski definition) is 2. The molecule has 0 saturated carbocycles. The Hall–Kier alpha value is -2.75. The van der Waals surface area contributed by atoms with E-state index >= 15 is 0 Å². The maximum Gasteiger partial charge on any atom is 0.258 e. The van der Waals surface area contributed by atoms with E-state index in [9.17, 15) is 4.79 Å². The molecule has 1 amide bonds. The van der Waals surface area contributed by atoms with E-state index in [0.29, 0.717) is 12.3 Å². The van der Waals surface area contributed by atoms with Gasteiger partial charge in [0.15, 0.2) is 6.61 Å². The highest BCUT2D eigenvalue weighted by Crippen LogP contribution is 2.19. The average molecular weight is 280 g/mol. The van der Waals surface area contributed by atoms with Crippen molar-refractivity contribution in [2.75, 3.05) is 6.61 Å². The molecule has 3 rings (SSSR count). The summed E-state index contributed by atoms with van der Waals surface area (Å²) in [6.45, 7) is 0.530. The van der Waals surface area contributed by atoms with Crippen LogP contribution in [0.25, 0.3) is 10.9 Å². The van der Waals surface area contributed by atoms with Crippen molar-refractivity contribution in [3.8, 4) is 5.75 Å². The third-order valence-electron chi connectivity index (χ3n) is 3.23. The summed E-state index contributed by atoms with van der Waals surface area (Å²) in [5.74, 6) is 0.560. The SMILES string of the molecule is O=C(COc1ccc2[nH]ccc2c1)NCc1ccccc1. The molecule has 21 heavy (non-hydrogen) atoms. The van der Waals surface area contributed by atoms with E-state index in [1.807, 2.05) is 60.8 Å². The van der Waals surface area contributed by atoms with Gasteiger partial charge in [-0.2, -0.15) is 0 Å². The fourth-order valence-electron chi connectivity index (χ4n) is 2.12. The normalized spacial score (nSPS) is 10.5. The molecule has 0 bridgehead atoms. The minimum Gasteiger partial charge on any atom is -0.484 e. The molecule has 0 atom stereocenters. The minimum atomic E-state index is -0.131. The maximum atomic E-state index is 11.8. The van der Waals surface area contributed by atoms with Gasteiger partial charge < -0.3 is 15.0 Å². The Morgan fingerprint density at radius 3 is 2.81 bits per heavy atom. The molecule has 0 aliphatic rings. The van der Waals surface area contributed by atoms with Gasteiger partial charge in [-0.15, -0.1) is 0 Å². The molecular formula is C17H16N2O2. The average Bonchev–Trinajstić information content (AvgIpc) is 2.99. The molecule has 0 radical (unpaired) electrons. The van der Waals surface area contributed by atoms with E-state index < -0.39 is 0 Å². The van der Waals surface area contributed by atoms with Crippen molar-refractivity contribution >= 4 is 16.8 Å². The lowest BCUT2D eigenvalue weighted by atomic mass is 10.2. The van der Waals surface area contributed by atoms with Crippen LogP contribution < -0.4 is 10.1 Å². The van der Waals surface area contributed by atoms with E-state index in [4.69, 9.17) is 4.74 Å². The highest BCUT2D eigenvalue weighted by Gasteiger charge is 2.03. The summed E-state index contributed by atoms with van der Waals surface area (Å²) in [5, 5.41) is 3.90. The summed E-state index contributed by atoms with van der Waals surface area (Å²) < 4.78 is 5.51. The Balaban J connectivity index is 1.51. The van der Waals surface area contributed by atoms with Gasteiger partial charge in [-0.25, -0.2) is 0 Å². The molecule has 1 heterocycles. The Kier molecular flexibility index (Phi) is 3.87. The van der Waals surface area contributed by atoms with Gasteiger partial charge in [-0.3, -0.25) is 4.79 Å². The van der Waals surface area contributed by atoms with E-state index in [1.54, 1.807) is 0 Å². The molecule has 0 aliphatic carbocycles. The van der Waals surface area contributed by atoms with Crippen molar-refractivity contribution in [3.05, 3.63) is 66.4 Å². The monoisotopic (exact) mass is 280 g/mol. The van der Waals surface area contributed by atoms with Crippen molar-refractivity contribution in [2.45, 2.75) is 6.54 Å². The fourth-order valence-corrected chi connectivity index (χ4v) is 2.12. The van der Waals surface area contributed by atoms with Gasteiger partial charge in [0.2, 0.25) is 0 Å².